The molecule has 5 nitrogen and oxygen atoms in total. The molecule has 120 valence electrons. The average molecular weight is 338 g/mol. The van der Waals surface area contributed by atoms with Crippen LogP contribution in [0.1, 0.15) is 0 Å². The zero-order valence-electron chi connectivity index (χ0n) is 12.6. The van der Waals surface area contributed by atoms with Crippen LogP contribution in [0.3, 0.4) is 0 Å². The van der Waals surface area contributed by atoms with Crippen LogP contribution in [0.25, 0.3) is 21.7 Å². The lowest BCUT2D eigenvalue weighted by Crippen LogP contribution is -2.09. The summed E-state index contributed by atoms with van der Waals surface area (Å²) >= 11 is 0. The predicted molar refractivity (Wildman–Crippen MR) is 94.5 cm³/mol. The van der Waals surface area contributed by atoms with E-state index in [0.717, 1.165) is 21.7 Å². The number of rotatable bonds is 3. The lowest BCUT2D eigenvalue weighted by atomic mass is 10.1. The lowest BCUT2D eigenvalue weighted by Gasteiger charge is -2.07. The Kier molecular flexibility index (Phi) is 3.21. The number of benzene rings is 3. The molecule has 0 atom stereocenters. The van der Waals surface area contributed by atoms with Gasteiger partial charge in [0.15, 0.2) is 5.75 Å². The molecule has 0 amide bonds. The summed E-state index contributed by atoms with van der Waals surface area (Å²) < 4.78 is 30.5. The number of aromatic amines is 1. The van der Waals surface area contributed by atoms with Gasteiger partial charge in [-0.2, -0.15) is 8.42 Å². The summed E-state index contributed by atoms with van der Waals surface area (Å²) in [6, 6.07) is 17.5. The van der Waals surface area contributed by atoms with Crippen LogP contribution in [0.5, 0.6) is 5.75 Å². The number of fused-ring (bicyclic) bond motifs is 2. The molecule has 0 saturated carbocycles. The molecule has 0 aliphatic rings. The fourth-order valence-corrected chi connectivity index (χ4v) is 3.65. The molecule has 1 aromatic heterocycles. The van der Waals surface area contributed by atoms with Crippen molar-refractivity contribution in [1.82, 2.24) is 4.98 Å². The maximum absolute atomic E-state index is 12.6. The summed E-state index contributed by atoms with van der Waals surface area (Å²) in [5.74, 6) is 0.281. The van der Waals surface area contributed by atoms with Crippen LogP contribution < -0.4 is 9.92 Å². The number of nitrogen functional groups attached to an aromatic ring is 1. The molecule has 0 spiro atoms. The molecule has 0 saturated heterocycles. The van der Waals surface area contributed by atoms with Gasteiger partial charge < -0.3 is 14.9 Å². The first kappa shape index (κ1) is 14.6. The lowest BCUT2D eigenvalue weighted by molar-refractivity contribution is 0.489. The van der Waals surface area contributed by atoms with Gasteiger partial charge in [0.1, 0.15) is 4.90 Å². The summed E-state index contributed by atoms with van der Waals surface area (Å²) in [7, 11) is -3.93. The normalized spacial score (nSPS) is 11.8. The fraction of sp³-hybridized carbons (Fsp3) is 0. The molecular weight excluding hydrogens is 324 g/mol. The minimum atomic E-state index is -3.93. The molecule has 6 heteroatoms. The van der Waals surface area contributed by atoms with Crippen molar-refractivity contribution in [2.24, 2.45) is 0 Å². The topological polar surface area (TPSA) is 85.2 Å². The summed E-state index contributed by atoms with van der Waals surface area (Å²) in [6.07, 6.45) is 1.55. The van der Waals surface area contributed by atoms with Crippen molar-refractivity contribution < 1.29 is 12.6 Å². The van der Waals surface area contributed by atoms with Gasteiger partial charge in [-0.15, -0.1) is 0 Å². The van der Waals surface area contributed by atoms with E-state index in [1.807, 2.05) is 18.2 Å². The van der Waals surface area contributed by atoms with Gasteiger partial charge in [0.25, 0.3) is 0 Å². The largest absolute Gasteiger partial charge is 0.399 e. The number of anilines is 1. The zero-order valence-corrected chi connectivity index (χ0v) is 13.4. The molecule has 3 aromatic carbocycles. The average Bonchev–Trinajstić information content (AvgIpc) is 2.97. The molecule has 1 heterocycles. The molecule has 3 N–H and O–H groups in total. The van der Waals surface area contributed by atoms with E-state index in [1.54, 1.807) is 42.6 Å². The van der Waals surface area contributed by atoms with Gasteiger partial charge in [-0.3, -0.25) is 0 Å². The maximum atomic E-state index is 12.6. The first-order chi connectivity index (χ1) is 11.5. The van der Waals surface area contributed by atoms with E-state index in [0.29, 0.717) is 5.69 Å². The number of aromatic nitrogens is 1. The summed E-state index contributed by atoms with van der Waals surface area (Å²) in [5.41, 5.74) is 7.19. The predicted octanol–water partition coefficient (Wildman–Crippen LogP) is 3.67. The van der Waals surface area contributed by atoms with Gasteiger partial charge in [0.05, 0.1) is 0 Å². The summed E-state index contributed by atoms with van der Waals surface area (Å²) in [4.78, 5) is 3.10. The van der Waals surface area contributed by atoms with Crippen LogP contribution in [-0.4, -0.2) is 13.4 Å². The fourth-order valence-electron chi connectivity index (χ4n) is 2.68. The Balaban J connectivity index is 1.76. The minimum absolute atomic E-state index is 0.102. The van der Waals surface area contributed by atoms with Crippen molar-refractivity contribution in [2.45, 2.75) is 4.90 Å². The Morgan fingerprint density at radius 1 is 0.917 bits per heavy atom. The van der Waals surface area contributed by atoms with Crippen molar-refractivity contribution in [3.05, 3.63) is 66.9 Å². The first-order valence-corrected chi connectivity index (χ1v) is 8.74. The number of nitrogens with two attached hydrogens (primary N) is 1. The molecule has 0 unspecified atom stereocenters. The Morgan fingerprint density at radius 2 is 1.67 bits per heavy atom. The van der Waals surface area contributed by atoms with E-state index in [-0.39, 0.29) is 10.6 Å². The Bertz CT molecular complexity index is 1160. The third-order valence-electron chi connectivity index (χ3n) is 3.88. The molecule has 4 aromatic rings. The Hall–Kier alpha value is -2.99. The van der Waals surface area contributed by atoms with E-state index >= 15 is 0 Å². The SMILES string of the molecule is Nc1ccc2cc(S(=O)(=O)Oc3c[nH]c4ccccc34)ccc2c1. The Labute approximate surface area is 138 Å². The third kappa shape index (κ3) is 2.47. The maximum Gasteiger partial charge on any atom is 0.339 e. The second-order valence-corrected chi connectivity index (χ2v) is 7.05. The number of hydrogen-bond donors (Lipinski definition) is 2. The highest BCUT2D eigenvalue weighted by atomic mass is 32.2. The van der Waals surface area contributed by atoms with E-state index in [1.165, 1.54) is 6.07 Å². The molecule has 4 rings (SSSR count). The molecule has 0 radical (unpaired) electrons. The van der Waals surface area contributed by atoms with Crippen LogP contribution in [0.15, 0.2) is 71.8 Å². The summed E-state index contributed by atoms with van der Waals surface area (Å²) in [6.45, 7) is 0. The van der Waals surface area contributed by atoms with Crippen LogP contribution >= 0.6 is 0 Å². The highest BCUT2D eigenvalue weighted by Gasteiger charge is 2.19. The van der Waals surface area contributed by atoms with Crippen molar-refractivity contribution in [2.75, 3.05) is 5.73 Å². The quantitative estimate of drug-likeness (QED) is 0.441. The van der Waals surface area contributed by atoms with Crippen LogP contribution in [-0.2, 0) is 10.1 Å². The second-order valence-electron chi connectivity index (χ2n) is 5.50. The van der Waals surface area contributed by atoms with Crippen LogP contribution in [0.4, 0.5) is 5.69 Å². The molecule has 0 aliphatic heterocycles. The van der Waals surface area contributed by atoms with Crippen molar-refractivity contribution in [1.29, 1.82) is 0 Å². The number of nitrogens with one attached hydrogen (secondary N) is 1. The van der Waals surface area contributed by atoms with Gasteiger partial charge >= 0.3 is 10.1 Å². The molecule has 24 heavy (non-hydrogen) atoms. The summed E-state index contributed by atoms with van der Waals surface area (Å²) in [5, 5.41) is 2.38. The highest BCUT2D eigenvalue weighted by Crippen LogP contribution is 2.29. The van der Waals surface area contributed by atoms with Crippen molar-refractivity contribution in [3.8, 4) is 5.75 Å². The minimum Gasteiger partial charge on any atom is -0.399 e. The highest BCUT2D eigenvalue weighted by molar-refractivity contribution is 7.87. The molecule has 0 fully saturated rings. The number of hydrogen-bond acceptors (Lipinski definition) is 4. The monoisotopic (exact) mass is 338 g/mol. The van der Waals surface area contributed by atoms with Crippen molar-refractivity contribution >= 4 is 37.5 Å². The van der Waals surface area contributed by atoms with Gasteiger partial charge in [-0.1, -0.05) is 24.3 Å². The van der Waals surface area contributed by atoms with Crippen LogP contribution in [0.2, 0.25) is 0 Å². The zero-order chi connectivity index (χ0) is 16.7. The smallest absolute Gasteiger partial charge is 0.339 e. The third-order valence-corrected chi connectivity index (χ3v) is 5.11. The second kappa shape index (κ2) is 5.28. The first-order valence-electron chi connectivity index (χ1n) is 7.33. The number of H-pyrrole nitrogens is 1. The number of para-hydroxylation sites is 1. The van der Waals surface area contributed by atoms with E-state index in [4.69, 9.17) is 9.92 Å². The van der Waals surface area contributed by atoms with Crippen LogP contribution in [0, 0.1) is 0 Å². The van der Waals surface area contributed by atoms with E-state index in [9.17, 15) is 8.42 Å². The van der Waals surface area contributed by atoms with E-state index < -0.39 is 10.1 Å². The Morgan fingerprint density at radius 3 is 2.54 bits per heavy atom. The molecular formula is C18H14N2O3S. The van der Waals surface area contributed by atoms with Crippen molar-refractivity contribution in [3.63, 3.8) is 0 Å². The van der Waals surface area contributed by atoms with Gasteiger partial charge in [0, 0.05) is 22.8 Å². The molecule has 0 aliphatic carbocycles. The van der Waals surface area contributed by atoms with Gasteiger partial charge in [-0.25, -0.2) is 0 Å². The molecule has 0 bridgehead atoms. The van der Waals surface area contributed by atoms with Gasteiger partial charge in [0.2, 0.25) is 0 Å². The standard InChI is InChI=1S/C18H14N2O3S/c19-14-7-5-13-10-15(8-6-12(13)9-14)24(21,22)23-18-11-20-17-4-2-1-3-16(17)18/h1-11,20H,19H2. The van der Waals surface area contributed by atoms with Gasteiger partial charge in [-0.05, 0) is 47.2 Å². The van der Waals surface area contributed by atoms with E-state index in [2.05, 4.69) is 4.98 Å².